The fraction of sp³-hybridized carbons (Fsp3) is 1.00. The van der Waals surface area contributed by atoms with E-state index in [1.807, 2.05) is 0 Å². The Balaban J connectivity index is 1.78. The molecule has 3 saturated carbocycles. The van der Waals surface area contributed by atoms with E-state index in [-0.39, 0.29) is 6.10 Å². The number of aliphatic hydroxyl groups is 1. The minimum atomic E-state index is -0.451. The first kappa shape index (κ1) is 12.9. The minimum absolute atomic E-state index is 0.142. The number of fused-ring (bicyclic) bond motifs is 3. The van der Waals surface area contributed by atoms with Gasteiger partial charge in [-0.25, -0.2) is 0 Å². The first-order valence-electron chi connectivity index (χ1n) is 7.88. The molecule has 3 rings (SSSR count). The van der Waals surface area contributed by atoms with Crippen molar-refractivity contribution >= 4 is 0 Å². The molecule has 3 fully saturated rings. The van der Waals surface area contributed by atoms with Crippen LogP contribution in [-0.4, -0.2) is 23.9 Å². The van der Waals surface area contributed by atoms with Gasteiger partial charge >= 0.3 is 0 Å². The van der Waals surface area contributed by atoms with Crippen LogP contribution in [0.15, 0.2) is 0 Å². The van der Waals surface area contributed by atoms with Crippen LogP contribution < -0.4 is 0 Å². The summed E-state index contributed by atoms with van der Waals surface area (Å²) in [6.07, 6.45) is 7.71. The molecule has 0 saturated heterocycles. The van der Waals surface area contributed by atoms with E-state index in [4.69, 9.17) is 4.74 Å². The number of hydrogen-bond donors (Lipinski definition) is 1. The molecule has 7 atom stereocenters. The molecule has 1 N–H and O–H groups in total. The third kappa shape index (κ3) is 1.68. The van der Waals surface area contributed by atoms with Gasteiger partial charge in [0.25, 0.3) is 0 Å². The number of methoxy groups -OCH3 is 1. The zero-order chi connectivity index (χ0) is 12.9. The van der Waals surface area contributed by atoms with Crippen molar-refractivity contribution in [1.82, 2.24) is 0 Å². The van der Waals surface area contributed by atoms with Gasteiger partial charge in [0.15, 0.2) is 0 Å². The lowest BCUT2D eigenvalue weighted by Crippen LogP contribution is -2.40. The van der Waals surface area contributed by atoms with E-state index < -0.39 is 5.60 Å². The van der Waals surface area contributed by atoms with Crippen molar-refractivity contribution < 1.29 is 9.84 Å². The summed E-state index contributed by atoms with van der Waals surface area (Å²) in [6.45, 7) is 4.75. The fourth-order valence-corrected chi connectivity index (χ4v) is 5.40. The van der Waals surface area contributed by atoms with Crippen LogP contribution in [0.25, 0.3) is 0 Å². The van der Waals surface area contributed by atoms with E-state index in [1.54, 1.807) is 7.11 Å². The summed E-state index contributed by atoms with van der Waals surface area (Å²) >= 11 is 0. The van der Waals surface area contributed by atoms with E-state index in [0.717, 1.165) is 30.1 Å². The zero-order valence-electron chi connectivity index (χ0n) is 12.1. The summed E-state index contributed by atoms with van der Waals surface area (Å²) in [5.41, 5.74) is -0.451. The Bertz CT molecular complexity index is 314. The Kier molecular flexibility index (Phi) is 3.22. The molecule has 0 amide bonds. The average molecular weight is 252 g/mol. The van der Waals surface area contributed by atoms with Crippen LogP contribution in [0.5, 0.6) is 0 Å². The minimum Gasteiger partial charge on any atom is -0.387 e. The first-order chi connectivity index (χ1) is 8.63. The Labute approximate surface area is 111 Å². The molecule has 0 heterocycles. The van der Waals surface area contributed by atoms with E-state index in [0.29, 0.717) is 5.92 Å². The topological polar surface area (TPSA) is 29.5 Å². The molecule has 0 radical (unpaired) electrons. The van der Waals surface area contributed by atoms with Crippen molar-refractivity contribution in [3.8, 4) is 0 Å². The van der Waals surface area contributed by atoms with Crippen molar-refractivity contribution in [3.63, 3.8) is 0 Å². The van der Waals surface area contributed by atoms with Crippen LogP contribution in [0.4, 0.5) is 0 Å². The first-order valence-corrected chi connectivity index (χ1v) is 7.88. The molecular formula is C16H28O2. The van der Waals surface area contributed by atoms with E-state index in [2.05, 4.69) is 13.8 Å². The van der Waals surface area contributed by atoms with Gasteiger partial charge in [0.05, 0.1) is 11.7 Å². The van der Waals surface area contributed by atoms with Gasteiger partial charge in [0, 0.05) is 13.0 Å². The highest BCUT2D eigenvalue weighted by Crippen LogP contribution is 2.64. The van der Waals surface area contributed by atoms with Crippen molar-refractivity contribution in [2.24, 2.45) is 29.6 Å². The maximum absolute atomic E-state index is 10.6. The monoisotopic (exact) mass is 252 g/mol. The summed E-state index contributed by atoms with van der Waals surface area (Å²) in [5.74, 6) is 3.84. The third-order valence-corrected chi connectivity index (χ3v) is 6.29. The zero-order valence-corrected chi connectivity index (χ0v) is 12.1. The molecular weight excluding hydrogens is 224 g/mol. The molecule has 0 aromatic rings. The molecule has 0 bridgehead atoms. The number of hydrogen-bond acceptors (Lipinski definition) is 2. The molecule has 3 aliphatic carbocycles. The van der Waals surface area contributed by atoms with Crippen LogP contribution in [-0.2, 0) is 4.74 Å². The molecule has 0 aliphatic heterocycles. The molecule has 3 aliphatic rings. The van der Waals surface area contributed by atoms with Gasteiger partial charge < -0.3 is 9.84 Å². The Morgan fingerprint density at radius 3 is 2.67 bits per heavy atom. The maximum atomic E-state index is 10.6. The van der Waals surface area contributed by atoms with Gasteiger partial charge in [-0.05, 0) is 42.9 Å². The largest absolute Gasteiger partial charge is 0.387 e. The number of ether oxygens (including phenoxy) is 1. The van der Waals surface area contributed by atoms with Crippen LogP contribution in [0.3, 0.4) is 0 Å². The summed E-state index contributed by atoms with van der Waals surface area (Å²) < 4.78 is 5.53. The second-order valence-electron chi connectivity index (χ2n) is 7.05. The molecule has 2 heteroatoms. The maximum Gasteiger partial charge on any atom is 0.0968 e. The molecule has 0 spiro atoms. The van der Waals surface area contributed by atoms with Crippen LogP contribution in [0.1, 0.15) is 52.4 Å². The van der Waals surface area contributed by atoms with E-state index in [1.165, 1.54) is 32.1 Å². The fourth-order valence-electron chi connectivity index (χ4n) is 5.40. The second kappa shape index (κ2) is 4.49. The molecule has 0 aromatic heterocycles. The third-order valence-electron chi connectivity index (χ3n) is 6.29. The van der Waals surface area contributed by atoms with Crippen molar-refractivity contribution in [1.29, 1.82) is 0 Å². The van der Waals surface area contributed by atoms with Crippen LogP contribution in [0.2, 0.25) is 0 Å². The molecule has 18 heavy (non-hydrogen) atoms. The van der Waals surface area contributed by atoms with Crippen molar-refractivity contribution in [2.45, 2.75) is 64.1 Å². The predicted octanol–water partition coefficient (Wildman–Crippen LogP) is 3.23. The lowest BCUT2D eigenvalue weighted by molar-refractivity contribution is -0.0117. The van der Waals surface area contributed by atoms with Crippen molar-refractivity contribution in [3.05, 3.63) is 0 Å². The SMILES string of the molecule is CCC[C@@H]1[C@H]2CC[C@]3(O)C(OC)C3[C@@H]2CC[C@H]1C. The predicted molar refractivity (Wildman–Crippen MR) is 72.2 cm³/mol. The number of rotatable bonds is 3. The Hall–Kier alpha value is -0.0800. The highest BCUT2D eigenvalue weighted by molar-refractivity contribution is 5.20. The molecule has 104 valence electrons. The van der Waals surface area contributed by atoms with Crippen LogP contribution >= 0.6 is 0 Å². The van der Waals surface area contributed by atoms with Crippen molar-refractivity contribution in [2.75, 3.05) is 7.11 Å². The van der Waals surface area contributed by atoms with E-state index in [9.17, 15) is 5.11 Å². The van der Waals surface area contributed by atoms with Gasteiger partial charge in [-0.2, -0.15) is 0 Å². The van der Waals surface area contributed by atoms with Gasteiger partial charge in [-0.15, -0.1) is 0 Å². The summed E-state index contributed by atoms with van der Waals surface area (Å²) in [5, 5.41) is 10.6. The summed E-state index contributed by atoms with van der Waals surface area (Å²) in [4.78, 5) is 0. The lowest BCUT2D eigenvalue weighted by atomic mass is 9.60. The highest BCUT2D eigenvalue weighted by atomic mass is 16.5. The summed E-state index contributed by atoms with van der Waals surface area (Å²) in [6, 6.07) is 0. The lowest BCUT2D eigenvalue weighted by Gasteiger charge is -2.45. The van der Waals surface area contributed by atoms with Crippen LogP contribution in [0, 0.1) is 29.6 Å². The van der Waals surface area contributed by atoms with E-state index >= 15 is 0 Å². The highest BCUT2D eigenvalue weighted by Gasteiger charge is 2.70. The molecule has 0 aromatic carbocycles. The van der Waals surface area contributed by atoms with Gasteiger partial charge in [-0.3, -0.25) is 0 Å². The summed E-state index contributed by atoms with van der Waals surface area (Å²) in [7, 11) is 1.77. The Morgan fingerprint density at radius 1 is 1.22 bits per heavy atom. The smallest absolute Gasteiger partial charge is 0.0968 e. The second-order valence-corrected chi connectivity index (χ2v) is 7.05. The molecule has 2 unspecified atom stereocenters. The average Bonchev–Trinajstić information content (AvgIpc) is 2.98. The molecule has 2 nitrogen and oxygen atoms in total. The standard InChI is InChI=1S/C16H28O2/c1-4-5-11-10(2)6-7-13-12(11)8-9-16(17)14(13)15(16)18-3/h10-15,17H,4-9H2,1-3H3/t10-,11+,12-,13-,14?,15?,16-/m1/s1. The normalized spacial score (nSPS) is 54.7. The van der Waals surface area contributed by atoms with Gasteiger partial charge in [-0.1, -0.05) is 33.1 Å². The van der Waals surface area contributed by atoms with Gasteiger partial charge in [0.2, 0.25) is 0 Å². The Morgan fingerprint density at radius 2 is 2.00 bits per heavy atom. The quantitative estimate of drug-likeness (QED) is 0.835. The van der Waals surface area contributed by atoms with Gasteiger partial charge in [0.1, 0.15) is 0 Å².